The lowest BCUT2D eigenvalue weighted by molar-refractivity contribution is 0.128. The highest BCUT2D eigenvalue weighted by Crippen LogP contribution is 2.31. The standard InChI is InChI=1S/C13H20N6O/c1-2-20-9-12-16-11(18-15)8-13(17-12)19(7-3-6-14)10-4-5-10/h8,10H,2-5,7,9,15H2,1H3,(H,16,17,18). The van der Waals surface area contributed by atoms with Crippen molar-refractivity contribution in [1.29, 1.82) is 5.26 Å². The highest BCUT2D eigenvalue weighted by molar-refractivity contribution is 5.50. The van der Waals surface area contributed by atoms with Crippen LogP contribution in [0.3, 0.4) is 0 Å². The number of nitrogens with two attached hydrogens (primary N) is 1. The molecule has 0 atom stereocenters. The predicted molar refractivity (Wildman–Crippen MR) is 75.8 cm³/mol. The summed E-state index contributed by atoms with van der Waals surface area (Å²) >= 11 is 0. The van der Waals surface area contributed by atoms with Crippen LogP contribution in [0.1, 0.15) is 32.0 Å². The summed E-state index contributed by atoms with van der Waals surface area (Å²) in [5, 5.41) is 8.77. The number of hydrogen-bond donors (Lipinski definition) is 2. The lowest BCUT2D eigenvalue weighted by Gasteiger charge is -2.23. The molecule has 1 aromatic heterocycles. The maximum absolute atomic E-state index is 8.77. The van der Waals surface area contributed by atoms with Crippen molar-refractivity contribution in [2.75, 3.05) is 23.5 Å². The number of aromatic nitrogens is 2. The van der Waals surface area contributed by atoms with Crippen LogP contribution in [0.4, 0.5) is 11.6 Å². The molecule has 2 rings (SSSR count). The molecule has 0 saturated heterocycles. The molecule has 0 aromatic carbocycles. The summed E-state index contributed by atoms with van der Waals surface area (Å²) in [5.41, 5.74) is 2.56. The Balaban J connectivity index is 2.20. The fourth-order valence-electron chi connectivity index (χ4n) is 2.00. The Kier molecular flexibility index (Phi) is 5.09. The number of nitrogen functional groups attached to an aromatic ring is 1. The van der Waals surface area contributed by atoms with Crippen LogP contribution in [0.5, 0.6) is 0 Å². The first-order valence-corrected chi connectivity index (χ1v) is 6.84. The van der Waals surface area contributed by atoms with Crippen molar-refractivity contribution in [2.24, 2.45) is 5.84 Å². The zero-order valence-electron chi connectivity index (χ0n) is 11.7. The van der Waals surface area contributed by atoms with E-state index in [2.05, 4.69) is 26.4 Å². The van der Waals surface area contributed by atoms with Crippen molar-refractivity contribution in [3.63, 3.8) is 0 Å². The highest BCUT2D eigenvalue weighted by atomic mass is 16.5. The van der Waals surface area contributed by atoms with Crippen molar-refractivity contribution in [3.05, 3.63) is 11.9 Å². The number of rotatable bonds is 8. The zero-order valence-corrected chi connectivity index (χ0v) is 11.7. The maximum atomic E-state index is 8.77. The van der Waals surface area contributed by atoms with E-state index in [9.17, 15) is 0 Å². The van der Waals surface area contributed by atoms with Crippen molar-refractivity contribution >= 4 is 11.6 Å². The van der Waals surface area contributed by atoms with E-state index in [1.807, 2.05) is 13.0 Å². The van der Waals surface area contributed by atoms with Gasteiger partial charge in [-0.1, -0.05) is 0 Å². The SMILES string of the molecule is CCOCc1nc(NN)cc(N(CCC#N)C2CC2)n1. The van der Waals surface area contributed by atoms with Gasteiger partial charge < -0.3 is 15.1 Å². The molecule has 7 heteroatoms. The van der Waals surface area contributed by atoms with Gasteiger partial charge in [-0.15, -0.1) is 0 Å². The number of nitriles is 1. The Morgan fingerprint density at radius 3 is 2.95 bits per heavy atom. The van der Waals surface area contributed by atoms with E-state index in [0.717, 1.165) is 18.7 Å². The predicted octanol–water partition coefficient (Wildman–Crippen LogP) is 1.18. The zero-order chi connectivity index (χ0) is 14.4. The molecule has 1 saturated carbocycles. The fourth-order valence-corrected chi connectivity index (χ4v) is 2.00. The number of nitrogens with zero attached hydrogens (tertiary/aromatic N) is 4. The Bertz CT molecular complexity index is 482. The van der Waals surface area contributed by atoms with E-state index in [1.54, 1.807) is 0 Å². The third-order valence-corrected chi connectivity index (χ3v) is 3.09. The van der Waals surface area contributed by atoms with Gasteiger partial charge in [-0.05, 0) is 19.8 Å². The number of hydrazine groups is 1. The van der Waals surface area contributed by atoms with E-state index < -0.39 is 0 Å². The lowest BCUT2D eigenvalue weighted by atomic mass is 10.3. The van der Waals surface area contributed by atoms with Crippen molar-refractivity contribution in [2.45, 2.75) is 38.8 Å². The molecule has 3 N–H and O–H groups in total. The van der Waals surface area contributed by atoms with Crippen LogP contribution in [0, 0.1) is 11.3 Å². The normalized spacial score (nSPS) is 13.8. The highest BCUT2D eigenvalue weighted by Gasteiger charge is 2.30. The van der Waals surface area contributed by atoms with Gasteiger partial charge in [0.15, 0.2) is 5.82 Å². The Morgan fingerprint density at radius 2 is 2.35 bits per heavy atom. The van der Waals surface area contributed by atoms with Crippen LogP contribution >= 0.6 is 0 Å². The van der Waals surface area contributed by atoms with E-state index in [-0.39, 0.29) is 0 Å². The van der Waals surface area contributed by atoms with Crippen LogP contribution in [0.2, 0.25) is 0 Å². The van der Waals surface area contributed by atoms with Crippen LogP contribution in [-0.2, 0) is 11.3 Å². The summed E-state index contributed by atoms with van der Waals surface area (Å²) in [7, 11) is 0. The summed E-state index contributed by atoms with van der Waals surface area (Å²) in [4.78, 5) is 10.9. The Morgan fingerprint density at radius 1 is 1.55 bits per heavy atom. The maximum Gasteiger partial charge on any atom is 0.158 e. The van der Waals surface area contributed by atoms with Gasteiger partial charge in [0.25, 0.3) is 0 Å². The first-order chi connectivity index (χ1) is 9.78. The third-order valence-electron chi connectivity index (χ3n) is 3.09. The molecule has 0 amide bonds. The quantitative estimate of drug-likeness (QED) is 0.543. The van der Waals surface area contributed by atoms with Crippen molar-refractivity contribution in [1.82, 2.24) is 9.97 Å². The largest absolute Gasteiger partial charge is 0.374 e. The van der Waals surface area contributed by atoms with Crippen LogP contribution in [0.15, 0.2) is 6.07 Å². The van der Waals surface area contributed by atoms with Crippen LogP contribution in [0.25, 0.3) is 0 Å². The number of nitrogens with one attached hydrogen (secondary N) is 1. The number of ether oxygens (including phenoxy) is 1. The van der Waals surface area contributed by atoms with E-state index >= 15 is 0 Å². The molecule has 1 heterocycles. The minimum atomic E-state index is 0.357. The number of anilines is 2. The molecular formula is C13H20N6O. The number of hydrogen-bond acceptors (Lipinski definition) is 7. The van der Waals surface area contributed by atoms with E-state index in [4.69, 9.17) is 15.8 Å². The van der Waals surface area contributed by atoms with E-state index in [1.165, 1.54) is 0 Å². The average Bonchev–Trinajstić information content (AvgIpc) is 3.30. The fraction of sp³-hybridized carbons (Fsp3) is 0.615. The first kappa shape index (κ1) is 14.5. The second kappa shape index (κ2) is 7.03. The minimum absolute atomic E-state index is 0.357. The molecule has 7 nitrogen and oxygen atoms in total. The molecule has 1 aliphatic rings. The summed E-state index contributed by atoms with van der Waals surface area (Å²) in [6.45, 7) is 3.57. The van der Waals surface area contributed by atoms with Gasteiger partial charge in [-0.25, -0.2) is 15.8 Å². The van der Waals surface area contributed by atoms with Crippen molar-refractivity contribution < 1.29 is 4.74 Å². The van der Waals surface area contributed by atoms with Gasteiger partial charge in [0.05, 0.1) is 12.5 Å². The lowest BCUT2D eigenvalue weighted by Crippen LogP contribution is -2.28. The molecule has 1 aliphatic carbocycles. The van der Waals surface area contributed by atoms with Gasteiger partial charge in [0, 0.05) is 25.3 Å². The summed E-state index contributed by atoms with van der Waals surface area (Å²) in [5.74, 6) is 7.42. The van der Waals surface area contributed by atoms with Crippen molar-refractivity contribution in [3.8, 4) is 6.07 Å². The molecule has 1 aromatic rings. The summed E-state index contributed by atoms with van der Waals surface area (Å²) in [6.07, 6.45) is 2.76. The Hall–Kier alpha value is -1.91. The van der Waals surface area contributed by atoms with Gasteiger partial charge in [-0.3, -0.25) is 0 Å². The van der Waals surface area contributed by atoms with Gasteiger partial charge >= 0.3 is 0 Å². The monoisotopic (exact) mass is 276 g/mol. The molecule has 1 fully saturated rings. The smallest absolute Gasteiger partial charge is 0.158 e. The molecule has 0 aliphatic heterocycles. The third kappa shape index (κ3) is 3.79. The molecule has 108 valence electrons. The summed E-state index contributed by atoms with van der Waals surface area (Å²) < 4.78 is 5.35. The molecular weight excluding hydrogens is 256 g/mol. The molecule has 0 spiro atoms. The van der Waals surface area contributed by atoms with E-state index in [0.29, 0.717) is 43.9 Å². The van der Waals surface area contributed by atoms with Crippen LogP contribution in [-0.4, -0.2) is 29.2 Å². The topological polar surface area (TPSA) is 100 Å². The molecule has 0 radical (unpaired) electrons. The molecule has 20 heavy (non-hydrogen) atoms. The van der Waals surface area contributed by atoms with Gasteiger partial charge in [0.2, 0.25) is 0 Å². The molecule has 0 bridgehead atoms. The second-order valence-corrected chi connectivity index (χ2v) is 4.64. The second-order valence-electron chi connectivity index (χ2n) is 4.64. The average molecular weight is 276 g/mol. The molecule has 0 unspecified atom stereocenters. The van der Waals surface area contributed by atoms with Gasteiger partial charge in [-0.2, -0.15) is 5.26 Å². The van der Waals surface area contributed by atoms with Crippen LogP contribution < -0.4 is 16.2 Å². The Labute approximate surface area is 118 Å². The van der Waals surface area contributed by atoms with Gasteiger partial charge in [0.1, 0.15) is 18.2 Å². The first-order valence-electron chi connectivity index (χ1n) is 6.84. The summed E-state index contributed by atoms with van der Waals surface area (Å²) in [6, 6.07) is 4.46. The minimum Gasteiger partial charge on any atom is -0.374 e.